The number of hydrogen-bond acceptors (Lipinski definition) is 27. The summed E-state index contributed by atoms with van der Waals surface area (Å²) in [5, 5.41) is 26.1. The highest BCUT2D eigenvalue weighted by Crippen LogP contribution is 2.63. The van der Waals surface area contributed by atoms with Gasteiger partial charge in [0.25, 0.3) is 31.5 Å². The fourth-order valence-electron chi connectivity index (χ4n) is 22.7. The van der Waals surface area contributed by atoms with Crippen LogP contribution in [0.2, 0.25) is 37.8 Å². The van der Waals surface area contributed by atoms with Gasteiger partial charge in [-0.05, 0) is 100 Å². The highest BCUT2D eigenvalue weighted by atomic mass is 31.2. The van der Waals surface area contributed by atoms with E-state index in [1.54, 1.807) is 82.9 Å². The third kappa shape index (κ3) is 23.2. The van der Waals surface area contributed by atoms with Crippen molar-refractivity contribution >= 4 is 138 Å². The second-order valence-electron chi connectivity index (χ2n) is 40.2. The summed E-state index contributed by atoms with van der Waals surface area (Å²) in [6.07, 6.45) is 13.0. The minimum absolute atomic E-state index is 0. The molecule has 0 radical (unpaired) electrons. The summed E-state index contributed by atoms with van der Waals surface area (Å²) in [6.45, 7) is 25.8. The second-order valence-corrected chi connectivity index (χ2v) is 57.1. The first kappa shape index (κ1) is 111. The van der Waals surface area contributed by atoms with Gasteiger partial charge in [0, 0.05) is 89.9 Å². The van der Waals surface area contributed by atoms with E-state index in [1.165, 1.54) is 38.0 Å². The van der Waals surface area contributed by atoms with Gasteiger partial charge in [0.2, 0.25) is 23.6 Å². The molecule has 0 saturated carbocycles. The Morgan fingerprint density at radius 2 is 0.867 bits per heavy atom. The van der Waals surface area contributed by atoms with Crippen LogP contribution in [-0.4, -0.2) is 246 Å². The number of anilines is 2. The molecule has 7 aromatic carbocycles. The Bertz CT molecular complexity index is 6350. The minimum Gasteiger partial charge on any atom is -0.475 e. The lowest BCUT2D eigenvalue weighted by molar-refractivity contribution is -0.119. The number of methoxy groups -OCH3 is 3. The van der Waals surface area contributed by atoms with Crippen LogP contribution in [0.3, 0.4) is 0 Å². The third-order valence-electron chi connectivity index (χ3n) is 30.6. The second kappa shape index (κ2) is 49.8. The number of amides is 3. The maximum Gasteiger partial charge on any atom is 0.259 e. The Hall–Kier alpha value is -10.3. The summed E-state index contributed by atoms with van der Waals surface area (Å²) < 4.78 is 97.3. The van der Waals surface area contributed by atoms with Crippen LogP contribution in [-0.2, 0) is 65.2 Å². The van der Waals surface area contributed by atoms with Gasteiger partial charge in [-0.3, -0.25) is 28.8 Å². The van der Waals surface area contributed by atoms with Gasteiger partial charge < -0.3 is 75.8 Å². The zero-order valence-corrected chi connectivity index (χ0v) is 91.7. The number of pyridine rings is 1. The number of nitrogens with zero attached hydrogens (tertiary/aromatic N) is 13. The van der Waals surface area contributed by atoms with Gasteiger partial charge in [-0.15, -0.1) is 0 Å². The highest BCUT2D eigenvalue weighted by molar-refractivity contribution is 7.45. The van der Waals surface area contributed by atoms with Crippen LogP contribution in [0.4, 0.5) is 11.6 Å². The van der Waals surface area contributed by atoms with Crippen LogP contribution in [0.1, 0.15) is 143 Å². The predicted molar refractivity (Wildman–Crippen MR) is 596 cm³/mol. The van der Waals surface area contributed by atoms with Crippen molar-refractivity contribution in [1.29, 1.82) is 5.26 Å². The van der Waals surface area contributed by atoms with E-state index in [4.69, 9.17) is 65.6 Å². The quantitative estimate of drug-likeness (QED) is 0.0192. The largest absolute Gasteiger partial charge is 0.475 e. The molecule has 3 unspecified atom stereocenters. The maximum absolute atomic E-state index is 13.0. The molecule has 9 saturated heterocycles. The number of benzene rings is 7. The van der Waals surface area contributed by atoms with Crippen LogP contribution in [0.15, 0.2) is 267 Å². The maximum atomic E-state index is 13.0. The number of aliphatic imine (C=N–C) groups is 1. The van der Waals surface area contributed by atoms with E-state index >= 15 is 0 Å². The van der Waals surface area contributed by atoms with Crippen LogP contribution in [0.5, 0.6) is 5.88 Å². The molecule has 150 heavy (non-hydrogen) atoms. The molecule has 10 aliphatic rings. The number of rotatable bonds is 34. The fraction of sp³-hybridized carbons (Fsp3) is 0.446. The van der Waals surface area contributed by atoms with Crippen LogP contribution >= 0.6 is 25.6 Å². The van der Waals surface area contributed by atoms with Gasteiger partial charge in [0.1, 0.15) is 84.6 Å². The lowest BCUT2D eigenvalue weighted by Gasteiger charge is -2.33. The number of fused-ring (bicyclic) bond motifs is 5. The molecule has 10 aliphatic heterocycles. The molecular weight excluding hydrogens is 2000 g/mol. The summed E-state index contributed by atoms with van der Waals surface area (Å²) >= 11 is 0. The van der Waals surface area contributed by atoms with Gasteiger partial charge in [-0.25, -0.2) is 34.0 Å². The zero-order chi connectivity index (χ0) is 103. The van der Waals surface area contributed by atoms with E-state index in [1.807, 2.05) is 33.9 Å². The monoisotopic (exact) mass is 2140 g/mol. The van der Waals surface area contributed by atoms with Crippen molar-refractivity contribution in [2.45, 2.75) is 268 Å². The molecule has 0 bridgehead atoms. The molecule has 38 heteroatoms. The van der Waals surface area contributed by atoms with Crippen molar-refractivity contribution in [3.8, 4) is 11.9 Å². The van der Waals surface area contributed by atoms with Gasteiger partial charge in [0.05, 0.1) is 67.5 Å². The lowest BCUT2D eigenvalue weighted by Crippen LogP contribution is -2.58. The number of carbonyl (C=O) groups is 3. The molecule has 9 fully saturated rings. The molecule has 794 valence electrons. The summed E-state index contributed by atoms with van der Waals surface area (Å²) in [7, 11) is -5.37. The predicted octanol–water partition coefficient (Wildman–Crippen LogP) is 17.4. The molecule has 21 rings (SSSR count). The topological polar surface area (TPSA) is 331 Å². The van der Waals surface area contributed by atoms with Gasteiger partial charge in [0.15, 0.2) is 35.5 Å². The number of nitriles is 1. The number of amidine groups is 1. The van der Waals surface area contributed by atoms with Gasteiger partial charge in [-0.1, -0.05) is 307 Å². The van der Waals surface area contributed by atoms with Crippen molar-refractivity contribution in [2.75, 3.05) is 58.2 Å². The number of aromatic nitrogens is 7. The van der Waals surface area contributed by atoms with E-state index in [-0.39, 0.29) is 118 Å². The fourth-order valence-corrected chi connectivity index (χ4v) is 40.6. The molecule has 3 N–H and O–H groups in total. The number of ether oxygens (including phenoxy) is 7. The van der Waals surface area contributed by atoms with Crippen LogP contribution in [0.25, 0.3) is 22.3 Å². The summed E-state index contributed by atoms with van der Waals surface area (Å²) in [5.74, 6) is 0.235. The van der Waals surface area contributed by atoms with Crippen molar-refractivity contribution in [3.05, 3.63) is 267 Å². The van der Waals surface area contributed by atoms with Crippen molar-refractivity contribution in [2.24, 2.45) is 10.9 Å². The number of nitrogens with one attached hydrogen (secondary N) is 3. The van der Waals surface area contributed by atoms with E-state index in [0.29, 0.717) is 63.7 Å². The molecule has 11 aromatic rings. The normalized spacial score (nSPS) is 27.1. The molecule has 0 spiro atoms. The lowest BCUT2D eigenvalue weighted by atomic mass is 10.1. The third-order valence-corrected chi connectivity index (χ3v) is 49.3. The number of carbonyl (C=O) groups excluding carboxylic acids is 3. The Kier molecular flexibility index (Phi) is 36.8. The highest BCUT2D eigenvalue weighted by Gasteiger charge is 2.60. The van der Waals surface area contributed by atoms with E-state index < -0.39 is 92.9 Å². The summed E-state index contributed by atoms with van der Waals surface area (Å²) in [5.41, 5.74) is 3.11. The molecule has 21 atom stereocenters. The smallest absolute Gasteiger partial charge is 0.259 e. The van der Waals surface area contributed by atoms with Crippen molar-refractivity contribution < 1.29 is 74.7 Å². The molecule has 0 aliphatic carbocycles. The van der Waals surface area contributed by atoms with Crippen molar-refractivity contribution in [3.63, 3.8) is 0 Å². The van der Waals surface area contributed by atoms with E-state index in [9.17, 15) is 14.4 Å². The molecule has 3 amide bonds. The average molecular weight is 2150 g/mol. The Balaban J connectivity index is 0.000000153. The van der Waals surface area contributed by atoms with Crippen LogP contribution in [0, 0.1) is 17.2 Å². The first-order chi connectivity index (χ1) is 72.0. The molecular formula is C112H143N16O16P3Si3. The summed E-state index contributed by atoms with van der Waals surface area (Å²) in [4.78, 5) is 66.5. The first-order valence-corrected chi connectivity index (χ1v) is 63.4. The Labute approximate surface area is 888 Å². The van der Waals surface area contributed by atoms with E-state index in [2.05, 4.69) is 295 Å². The standard InChI is InChI=1S/C39H44N5O5PSi.C38H48N7O6PSi.C33H43N4O5PSi.2CH4/c1-4-32-35(36(46-2)39(47-32)43-26-41-34-30(22-23-40-37(34)43)42-38(45)27-15-8-5-9-16-27)49-50-44-24-14-21-31(44)33(48-50)25-51(3,28-17-10-6-11-18-28)29-19-12-7-13-20-29;1-6-29-32(33(47-4)37(49-29)44-24-40-31-34(44)41-38(42-35(46)25(2)3)43-36(31)48-22-14-20-39)51-52-45-21-13-19-28(45)30(50-52)23-53(5,26-15-9-7-10-16-26)27-17-11-8-12-18-27;1-6-28-31(32(39-4)33(40-28)36-21-19-30(34-23(36)2)35-24(3)38)42-43-37-20-13-18-27(37)29(41-43)22-44(5,25-14-9-7-10-15-25)26-16-11-8-12-17-26;;/h5-13,15-20,22-23,26,31-33,35-36,39H,4,14,21,24-25H2,1-3H3,(H,40,42,45);7-12,15-18,24-25,28-30,32-33,37H,6,13-14,19,21-23H2,1-5H3,(H,41,42,43,46);7-12,14-17,19,21,27-29,31-33H,2,6,13,18,20,22H2,1,3-5H3,(H,34,35,38);2*1H4/t31-,32+,33+,35-,36?,39+,50+;28-,29+,30+,32-,33?,37+,52+;27-,28+,29+,31-,32?,33+,43+;;/m000../s1. The SMILES string of the molecule is C.C.C=C1N=C(NC(C)=O)C=CN1[C@@H]1O[C@H](CC)[C@H](O[P@@]2O[C@H](C[Si](C)(c3ccccc3)c3ccccc3)[C@@H]3CCCN32)C1OC.CC[C@H]1O[C@@H](n2cnc3c(NC(=O)c4ccccc4)ccnc32)C(OC)[C@H]1O[P@@]1O[C@H](C[Si](C)(c2ccccc2)c2ccccc2)[C@@H]2CCCN21.CC[C@H]1O[C@@H](n2cnc3c(OCCC#N)nc(NC(=O)C(C)C)nc32)C(OC)[C@H]1O[P@@]1O[C@H](C[Si](C)(c2ccccc2)c2ccccc2)[C@@H]2CCCN21. The molecule has 14 heterocycles. The first-order valence-electron chi connectivity index (χ1n) is 51.9. The number of imidazole rings is 2. The average Bonchev–Trinajstić information content (AvgIpc) is 1.59. The summed E-state index contributed by atoms with van der Waals surface area (Å²) in [6, 6.07) is 82.6. The van der Waals surface area contributed by atoms with Crippen LogP contribution < -0.4 is 51.8 Å². The van der Waals surface area contributed by atoms with Crippen molar-refractivity contribution in [1.82, 2.24) is 58.3 Å². The molecule has 4 aromatic heterocycles. The number of hydrogen-bond donors (Lipinski definition) is 3. The minimum atomic E-state index is -2.17. The molecule has 32 nitrogen and oxygen atoms in total. The van der Waals surface area contributed by atoms with E-state index in [0.717, 1.165) is 89.1 Å². The van der Waals surface area contributed by atoms with Gasteiger partial charge >= 0.3 is 0 Å². The zero-order valence-electron chi connectivity index (χ0n) is 86.1. The Morgan fingerprint density at radius 3 is 1.24 bits per heavy atom. The van der Waals surface area contributed by atoms with Gasteiger partial charge in [-0.2, -0.15) is 15.2 Å². The Morgan fingerprint density at radius 1 is 0.487 bits per heavy atom.